The molecule has 1 saturated heterocycles. The molecule has 0 bridgehead atoms. The van der Waals surface area contributed by atoms with E-state index in [9.17, 15) is 17.6 Å². The molecule has 0 amide bonds. The van der Waals surface area contributed by atoms with Crippen LogP contribution in [0.4, 0.5) is 10.1 Å². The minimum Gasteiger partial charge on any atom is -0.480 e. The Morgan fingerprint density at radius 3 is 2.59 bits per heavy atom. The number of hydrogen-bond donors (Lipinski definition) is 1. The Morgan fingerprint density at radius 2 is 1.85 bits per heavy atom. The largest absolute Gasteiger partial charge is 0.480 e. The third-order valence-corrected chi connectivity index (χ3v) is 8.76. The van der Waals surface area contributed by atoms with Crippen LogP contribution in [0.25, 0.3) is 22.0 Å². The van der Waals surface area contributed by atoms with Gasteiger partial charge >= 0.3 is 0 Å². The van der Waals surface area contributed by atoms with Crippen molar-refractivity contribution in [3.8, 4) is 17.0 Å². The lowest BCUT2D eigenvalue weighted by Crippen LogP contribution is -2.29. The predicted octanol–water partition coefficient (Wildman–Crippen LogP) is 4.06. The average Bonchev–Trinajstić information content (AvgIpc) is 3.63. The maximum absolute atomic E-state index is 13.5. The lowest BCUT2D eigenvalue weighted by molar-refractivity contribution is 0.309. The molecule has 0 unspecified atom stereocenters. The standard InChI is InChI=1S/C28H28FN5O4S/c1-38-27-26(32-39(36,37)23-7-5-21(29)6-8-23)13-20(14-30-27)19-4-9-25-24(12-19)28(35)34(17-31-25)22-10-11-33(16-22)15-18-2-3-18/h4-9,12-14,17-18,22,32H,2-3,10-11,15-16H2,1H3/t22-/m1/s1. The smallest absolute Gasteiger partial charge is 0.262 e. The predicted molar refractivity (Wildman–Crippen MR) is 146 cm³/mol. The fourth-order valence-corrected chi connectivity index (χ4v) is 6.16. The molecular weight excluding hydrogens is 521 g/mol. The number of methoxy groups -OCH3 is 1. The van der Waals surface area contributed by atoms with Gasteiger partial charge in [0.25, 0.3) is 15.6 Å². The van der Waals surface area contributed by atoms with Crippen LogP contribution in [0.2, 0.25) is 0 Å². The van der Waals surface area contributed by atoms with E-state index in [1.54, 1.807) is 35.3 Å². The molecule has 4 aromatic rings. The molecular formula is C28H28FN5O4S. The molecule has 2 aliphatic rings. The van der Waals surface area contributed by atoms with Gasteiger partial charge in [0.15, 0.2) is 0 Å². The monoisotopic (exact) mass is 549 g/mol. The van der Waals surface area contributed by atoms with Crippen LogP contribution in [-0.2, 0) is 10.0 Å². The van der Waals surface area contributed by atoms with Crippen molar-refractivity contribution in [3.05, 3.63) is 77.2 Å². The number of halogens is 1. The first-order chi connectivity index (χ1) is 18.8. The minimum atomic E-state index is -4.03. The van der Waals surface area contributed by atoms with Gasteiger partial charge in [0.1, 0.15) is 11.5 Å². The lowest BCUT2D eigenvalue weighted by atomic mass is 10.0. The van der Waals surface area contributed by atoms with Gasteiger partial charge in [-0.2, -0.15) is 0 Å². The third kappa shape index (κ3) is 5.24. The summed E-state index contributed by atoms with van der Waals surface area (Å²) in [6.45, 7) is 2.94. The highest BCUT2D eigenvalue weighted by Crippen LogP contribution is 2.33. The Balaban J connectivity index is 1.31. The molecule has 1 atom stereocenters. The number of likely N-dealkylation sites (tertiary alicyclic amines) is 1. The van der Waals surface area contributed by atoms with Gasteiger partial charge in [0.05, 0.1) is 35.3 Å². The Morgan fingerprint density at radius 1 is 1.05 bits per heavy atom. The highest BCUT2D eigenvalue weighted by atomic mass is 32.2. The van der Waals surface area contributed by atoms with Crippen LogP contribution in [0.3, 0.4) is 0 Å². The van der Waals surface area contributed by atoms with Crippen molar-refractivity contribution in [2.24, 2.45) is 5.92 Å². The molecule has 3 heterocycles. The van der Waals surface area contributed by atoms with Crippen molar-refractivity contribution in [2.75, 3.05) is 31.5 Å². The summed E-state index contributed by atoms with van der Waals surface area (Å²) in [6, 6.07) is 11.5. The molecule has 11 heteroatoms. The number of anilines is 1. The first kappa shape index (κ1) is 25.4. The number of nitrogens with one attached hydrogen (secondary N) is 1. The van der Waals surface area contributed by atoms with Crippen molar-refractivity contribution in [2.45, 2.75) is 30.2 Å². The van der Waals surface area contributed by atoms with Gasteiger partial charge in [-0.1, -0.05) is 6.07 Å². The van der Waals surface area contributed by atoms with E-state index in [1.807, 2.05) is 6.07 Å². The molecule has 1 aliphatic heterocycles. The number of benzene rings is 2. The summed E-state index contributed by atoms with van der Waals surface area (Å²) in [5.41, 5.74) is 1.87. The number of pyridine rings is 1. The summed E-state index contributed by atoms with van der Waals surface area (Å²) in [6.07, 6.45) is 6.72. The van der Waals surface area contributed by atoms with Crippen LogP contribution < -0.4 is 15.0 Å². The molecule has 2 fully saturated rings. The maximum Gasteiger partial charge on any atom is 0.262 e. The number of sulfonamides is 1. The second-order valence-electron chi connectivity index (χ2n) is 10.2. The molecule has 2 aromatic carbocycles. The topological polar surface area (TPSA) is 106 Å². The Hall–Kier alpha value is -3.83. The SMILES string of the molecule is COc1ncc(-c2ccc3ncn([C@@H]4CCN(CC5CC5)C4)c(=O)c3c2)cc1NS(=O)(=O)c1ccc(F)cc1. The number of ether oxygens (including phenoxy) is 1. The van der Waals surface area contributed by atoms with E-state index in [-0.39, 0.29) is 28.1 Å². The lowest BCUT2D eigenvalue weighted by Gasteiger charge is -2.17. The van der Waals surface area contributed by atoms with Gasteiger partial charge < -0.3 is 9.64 Å². The molecule has 1 aliphatic carbocycles. The molecule has 0 radical (unpaired) electrons. The van der Waals surface area contributed by atoms with Crippen molar-refractivity contribution >= 4 is 26.6 Å². The van der Waals surface area contributed by atoms with Crippen LogP contribution in [-0.4, -0.2) is 54.6 Å². The van der Waals surface area contributed by atoms with Crippen LogP contribution in [0.15, 0.2) is 70.7 Å². The van der Waals surface area contributed by atoms with E-state index in [0.717, 1.165) is 44.1 Å². The number of aromatic nitrogens is 3. The number of fused-ring (bicyclic) bond motifs is 1. The van der Waals surface area contributed by atoms with E-state index in [4.69, 9.17) is 4.74 Å². The van der Waals surface area contributed by atoms with E-state index < -0.39 is 15.8 Å². The summed E-state index contributed by atoms with van der Waals surface area (Å²) in [5.74, 6) is 0.343. The summed E-state index contributed by atoms with van der Waals surface area (Å²) < 4.78 is 48.6. The Kier molecular flexibility index (Phi) is 6.56. The van der Waals surface area contributed by atoms with Crippen LogP contribution in [0.5, 0.6) is 5.88 Å². The quantitative estimate of drug-likeness (QED) is 0.353. The average molecular weight is 550 g/mol. The molecule has 2 aromatic heterocycles. The summed E-state index contributed by atoms with van der Waals surface area (Å²) in [5, 5.41) is 0.486. The van der Waals surface area contributed by atoms with Gasteiger partial charge in [-0.3, -0.25) is 14.1 Å². The van der Waals surface area contributed by atoms with E-state index in [1.165, 1.54) is 32.1 Å². The molecule has 39 heavy (non-hydrogen) atoms. The maximum atomic E-state index is 13.5. The van der Waals surface area contributed by atoms with Gasteiger partial charge in [-0.25, -0.2) is 22.8 Å². The number of rotatable bonds is 8. The zero-order valence-electron chi connectivity index (χ0n) is 21.4. The normalized spacial score (nSPS) is 17.9. The first-order valence-corrected chi connectivity index (χ1v) is 14.3. The van der Waals surface area contributed by atoms with Gasteiger partial charge in [0, 0.05) is 31.4 Å². The van der Waals surface area contributed by atoms with Crippen molar-refractivity contribution in [1.82, 2.24) is 19.4 Å². The highest BCUT2D eigenvalue weighted by molar-refractivity contribution is 7.92. The fraction of sp³-hybridized carbons (Fsp3) is 0.321. The third-order valence-electron chi connectivity index (χ3n) is 7.38. The second kappa shape index (κ2) is 10.0. The molecule has 202 valence electrons. The number of hydrogen-bond acceptors (Lipinski definition) is 7. The van der Waals surface area contributed by atoms with Crippen molar-refractivity contribution in [1.29, 1.82) is 0 Å². The zero-order chi connectivity index (χ0) is 27.1. The van der Waals surface area contributed by atoms with Crippen LogP contribution in [0.1, 0.15) is 25.3 Å². The minimum absolute atomic E-state index is 0.0752. The van der Waals surface area contributed by atoms with E-state index in [2.05, 4.69) is 19.6 Å². The van der Waals surface area contributed by atoms with Crippen molar-refractivity contribution < 1.29 is 17.5 Å². The molecule has 1 N–H and O–H groups in total. The summed E-state index contributed by atoms with van der Waals surface area (Å²) >= 11 is 0. The van der Waals surface area contributed by atoms with Gasteiger partial charge in [-0.15, -0.1) is 0 Å². The highest BCUT2D eigenvalue weighted by Gasteiger charge is 2.30. The zero-order valence-corrected chi connectivity index (χ0v) is 22.2. The molecule has 1 saturated carbocycles. The van der Waals surface area contributed by atoms with Gasteiger partial charge in [-0.05, 0) is 73.2 Å². The number of nitrogens with zero attached hydrogens (tertiary/aromatic N) is 4. The van der Waals surface area contributed by atoms with E-state index >= 15 is 0 Å². The van der Waals surface area contributed by atoms with Crippen LogP contribution in [0, 0.1) is 11.7 Å². The second-order valence-corrected chi connectivity index (χ2v) is 11.9. The van der Waals surface area contributed by atoms with Gasteiger partial charge in [0.2, 0.25) is 5.88 Å². The van der Waals surface area contributed by atoms with Crippen LogP contribution >= 0.6 is 0 Å². The fourth-order valence-electron chi connectivity index (χ4n) is 5.11. The Bertz CT molecular complexity index is 1700. The molecule has 0 spiro atoms. The van der Waals surface area contributed by atoms with Crippen molar-refractivity contribution in [3.63, 3.8) is 0 Å². The molecule has 9 nitrogen and oxygen atoms in total. The molecule has 6 rings (SSSR count). The van der Waals surface area contributed by atoms with E-state index in [0.29, 0.717) is 22.0 Å². The Labute approximate surface area is 225 Å². The summed E-state index contributed by atoms with van der Waals surface area (Å²) in [7, 11) is -2.64. The summed E-state index contributed by atoms with van der Waals surface area (Å²) in [4.78, 5) is 24.7. The first-order valence-electron chi connectivity index (χ1n) is 12.9.